The minimum absolute atomic E-state index is 0.731. The van der Waals surface area contributed by atoms with Gasteiger partial charge < -0.3 is 4.48 Å². The van der Waals surface area contributed by atoms with Crippen LogP contribution in [0.25, 0.3) is 0 Å². The molecule has 2 rings (SSSR count). The SMILES string of the molecule is C[N+](C)(C)CC1(C2CCCC2)CCCC1. The highest BCUT2D eigenvalue weighted by atomic mass is 15.3. The Morgan fingerprint density at radius 1 is 0.933 bits per heavy atom. The molecule has 2 fully saturated rings. The Morgan fingerprint density at radius 3 is 1.93 bits per heavy atom. The maximum absolute atomic E-state index is 2.37. The van der Waals surface area contributed by atoms with Gasteiger partial charge in [-0.3, -0.25) is 0 Å². The summed E-state index contributed by atoms with van der Waals surface area (Å²) in [5, 5.41) is 0. The van der Waals surface area contributed by atoms with Crippen LogP contribution in [0.15, 0.2) is 0 Å². The molecular weight excluding hydrogens is 182 g/mol. The van der Waals surface area contributed by atoms with E-state index >= 15 is 0 Å². The predicted molar refractivity (Wildman–Crippen MR) is 65.8 cm³/mol. The minimum Gasteiger partial charge on any atom is -0.330 e. The molecule has 0 saturated heterocycles. The maximum Gasteiger partial charge on any atom is 0.0840 e. The normalized spacial score (nSPS) is 27.4. The molecule has 2 aliphatic carbocycles. The Hall–Kier alpha value is -0.0400. The quantitative estimate of drug-likeness (QED) is 0.626. The van der Waals surface area contributed by atoms with Crippen molar-refractivity contribution in [3.05, 3.63) is 0 Å². The number of nitrogens with zero attached hydrogens (tertiary/aromatic N) is 1. The van der Waals surface area contributed by atoms with Crippen LogP contribution in [-0.4, -0.2) is 32.2 Å². The number of rotatable bonds is 3. The molecule has 0 bridgehead atoms. The molecule has 15 heavy (non-hydrogen) atoms. The van der Waals surface area contributed by atoms with Crippen molar-refractivity contribution in [1.29, 1.82) is 0 Å². The van der Waals surface area contributed by atoms with E-state index in [-0.39, 0.29) is 0 Å². The first-order chi connectivity index (χ1) is 7.02. The molecule has 2 aliphatic rings. The van der Waals surface area contributed by atoms with E-state index in [2.05, 4.69) is 21.1 Å². The van der Waals surface area contributed by atoms with Gasteiger partial charge in [0.05, 0.1) is 27.7 Å². The van der Waals surface area contributed by atoms with Crippen molar-refractivity contribution in [3.63, 3.8) is 0 Å². The van der Waals surface area contributed by atoms with Gasteiger partial charge in [0.15, 0.2) is 0 Å². The maximum atomic E-state index is 2.37. The standard InChI is InChI=1S/C14H28N/c1-15(2,3)12-14(10-6-7-11-14)13-8-4-5-9-13/h13H,4-12H2,1-3H3/q+1. The first kappa shape index (κ1) is 11.4. The van der Waals surface area contributed by atoms with Gasteiger partial charge in [0.25, 0.3) is 0 Å². The average molecular weight is 210 g/mol. The highest BCUT2D eigenvalue weighted by Crippen LogP contribution is 2.51. The van der Waals surface area contributed by atoms with E-state index in [4.69, 9.17) is 0 Å². The van der Waals surface area contributed by atoms with E-state index < -0.39 is 0 Å². The molecule has 0 N–H and O–H groups in total. The molecule has 0 aromatic rings. The van der Waals surface area contributed by atoms with Crippen LogP contribution in [0, 0.1) is 11.3 Å². The van der Waals surface area contributed by atoms with E-state index in [1.165, 1.54) is 57.9 Å². The van der Waals surface area contributed by atoms with Crippen LogP contribution in [0.3, 0.4) is 0 Å². The summed E-state index contributed by atoms with van der Waals surface area (Å²) in [4.78, 5) is 0. The van der Waals surface area contributed by atoms with Crippen molar-refractivity contribution in [3.8, 4) is 0 Å². The Morgan fingerprint density at radius 2 is 1.47 bits per heavy atom. The van der Waals surface area contributed by atoms with E-state index in [1.807, 2.05) is 0 Å². The van der Waals surface area contributed by atoms with Crippen LogP contribution in [-0.2, 0) is 0 Å². The summed E-state index contributed by atoms with van der Waals surface area (Å²) in [6.07, 6.45) is 12.1. The molecule has 0 aromatic heterocycles. The zero-order valence-electron chi connectivity index (χ0n) is 10.9. The van der Waals surface area contributed by atoms with Crippen LogP contribution >= 0.6 is 0 Å². The predicted octanol–water partition coefficient (Wildman–Crippen LogP) is 3.44. The fourth-order valence-electron chi connectivity index (χ4n) is 4.26. The van der Waals surface area contributed by atoms with Gasteiger partial charge in [-0.25, -0.2) is 0 Å². The second-order valence-electron chi connectivity index (χ2n) is 7.00. The van der Waals surface area contributed by atoms with E-state index in [9.17, 15) is 0 Å². The highest BCUT2D eigenvalue weighted by Gasteiger charge is 2.45. The molecule has 0 spiro atoms. The number of hydrogen-bond acceptors (Lipinski definition) is 0. The van der Waals surface area contributed by atoms with Crippen LogP contribution < -0.4 is 0 Å². The molecule has 0 amide bonds. The first-order valence-electron chi connectivity index (χ1n) is 6.82. The van der Waals surface area contributed by atoms with Gasteiger partial charge in [0, 0.05) is 5.41 Å². The van der Waals surface area contributed by atoms with Gasteiger partial charge in [0.2, 0.25) is 0 Å². The largest absolute Gasteiger partial charge is 0.330 e. The summed E-state index contributed by atoms with van der Waals surface area (Å²) in [6.45, 7) is 1.41. The van der Waals surface area contributed by atoms with Crippen LogP contribution in [0.4, 0.5) is 0 Å². The summed E-state index contributed by atoms with van der Waals surface area (Å²) >= 11 is 0. The lowest BCUT2D eigenvalue weighted by molar-refractivity contribution is -0.878. The van der Waals surface area contributed by atoms with Crippen molar-refractivity contribution < 1.29 is 4.48 Å². The van der Waals surface area contributed by atoms with Gasteiger partial charge in [-0.2, -0.15) is 0 Å². The smallest absolute Gasteiger partial charge is 0.0840 e. The molecule has 1 nitrogen and oxygen atoms in total. The summed E-state index contributed by atoms with van der Waals surface area (Å²) < 4.78 is 1.16. The van der Waals surface area contributed by atoms with Gasteiger partial charge >= 0.3 is 0 Å². The molecule has 0 aromatic carbocycles. The van der Waals surface area contributed by atoms with Crippen LogP contribution in [0.1, 0.15) is 51.4 Å². The van der Waals surface area contributed by atoms with Crippen molar-refractivity contribution in [2.45, 2.75) is 51.4 Å². The number of hydrogen-bond donors (Lipinski definition) is 0. The van der Waals surface area contributed by atoms with E-state index in [0.717, 1.165) is 15.8 Å². The zero-order valence-corrected chi connectivity index (χ0v) is 10.9. The number of quaternary nitrogens is 1. The van der Waals surface area contributed by atoms with Gasteiger partial charge in [-0.1, -0.05) is 25.7 Å². The first-order valence-corrected chi connectivity index (χ1v) is 6.82. The molecular formula is C14H28N+. The Labute approximate surface area is 95.4 Å². The fraction of sp³-hybridized carbons (Fsp3) is 1.00. The van der Waals surface area contributed by atoms with Crippen LogP contribution in [0.2, 0.25) is 0 Å². The van der Waals surface area contributed by atoms with Crippen LogP contribution in [0.5, 0.6) is 0 Å². The summed E-state index contributed by atoms with van der Waals surface area (Å²) in [5.41, 5.74) is 0.731. The van der Waals surface area contributed by atoms with Crippen molar-refractivity contribution in [2.24, 2.45) is 11.3 Å². The Kier molecular flexibility index (Phi) is 3.12. The minimum atomic E-state index is 0.731. The molecule has 0 atom stereocenters. The molecule has 1 heteroatoms. The van der Waals surface area contributed by atoms with Crippen molar-refractivity contribution in [1.82, 2.24) is 0 Å². The lowest BCUT2D eigenvalue weighted by Crippen LogP contribution is -2.46. The summed E-state index contributed by atoms with van der Waals surface area (Å²) in [7, 11) is 7.11. The van der Waals surface area contributed by atoms with Crippen molar-refractivity contribution >= 4 is 0 Å². The molecule has 0 unspecified atom stereocenters. The van der Waals surface area contributed by atoms with Gasteiger partial charge in [0.1, 0.15) is 0 Å². The summed E-state index contributed by atoms with van der Waals surface area (Å²) in [5.74, 6) is 1.07. The zero-order chi connectivity index (χ0) is 10.9. The van der Waals surface area contributed by atoms with Crippen molar-refractivity contribution in [2.75, 3.05) is 27.7 Å². The Bertz CT molecular complexity index is 202. The average Bonchev–Trinajstić information content (AvgIpc) is 2.68. The molecule has 0 aliphatic heterocycles. The fourth-order valence-corrected chi connectivity index (χ4v) is 4.26. The third-order valence-corrected chi connectivity index (χ3v) is 4.61. The van der Waals surface area contributed by atoms with Gasteiger partial charge in [-0.15, -0.1) is 0 Å². The monoisotopic (exact) mass is 210 g/mol. The summed E-state index contributed by atoms with van der Waals surface area (Å²) in [6, 6.07) is 0. The molecule has 2 saturated carbocycles. The molecule has 0 radical (unpaired) electrons. The Balaban J connectivity index is 2.09. The lowest BCUT2D eigenvalue weighted by Gasteiger charge is -2.41. The molecule has 0 heterocycles. The van der Waals surface area contributed by atoms with E-state index in [1.54, 1.807) is 0 Å². The second-order valence-corrected chi connectivity index (χ2v) is 7.00. The van der Waals surface area contributed by atoms with E-state index in [0.29, 0.717) is 0 Å². The molecule has 88 valence electrons. The third-order valence-electron chi connectivity index (χ3n) is 4.61. The van der Waals surface area contributed by atoms with Gasteiger partial charge in [-0.05, 0) is 31.6 Å². The topological polar surface area (TPSA) is 0 Å². The second kappa shape index (κ2) is 4.08. The highest BCUT2D eigenvalue weighted by molar-refractivity contribution is 4.92. The lowest BCUT2D eigenvalue weighted by atomic mass is 9.72. The third kappa shape index (κ3) is 2.55.